The van der Waals surface area contributed by atoms with Gasteiger partial charge in [0.15, 0.2) is 0 Å². The number of rotatable bonds is 2. The Kier molecular flexibility index (Phi) is 2.75. The van der Waals surface area contributed by atoms with E-state index in [4.69, 9.17) is 10.3 Å². The van der Waals surface area contributed by atoms with Crippen molar-refractivity contribution in [3.63, 3.8) is 0 Å². The minimum atomic E-state index is -0.820. The molecule has 0 unspecified atom stereocenters. The Hall–Kier alpha value is -2.28. The first-order valence-corrected chi connectivity index (χ1v) is 6.15. The van der Waals surface area contributed by atoms with Gasteiger partial charge >= 0.3 is 0 Å². The van der Waals surface area contributed by atoms with Crippen LogP contribution in [0.15, 0.2) is 34.2 Å². The number of nitrogen functional groups attached to an aromatic ring is 1. The second-order valence-electron chi connectivity index (χ2n) is 3.75. The molecule has 7 heteroatoms. The van der Waals surface area contributed by atoms with Gasteiger partial charge in [0.2, 0.25) is 5.82 Å². The molecule has 0 saturated heterocycles. The van der Waals surface area contributed by atoms with E-state index >= 15 is 0 Å². The van der Waals surface area contributed by atoms with Crippen LogP contribution >= 0.6 is 11.3 Å². The molecule has 0 aliphatic carbocycles. The molecule has 0 spiro atoms. The molecule has 0 radical (unpaired) electrons. The molecule has 3 rings (SSSR count). The monoisotopic (exact) mass is 279 g/mol. The Labute approximate surface area is 110 Å². The third-order valence-corrected chi connectivity index (χ3v) is 3.35. The minimum absolute atomic E-state index is 0.0193. The van der Waals surface area contributed by atoms with Crippen LogP contribution in [0.2, 0.25) is 0 Å². The predicted octanol–water partition coefficient (Wildman–Crippen LogP) is 3.33. The molecular weight excluding hydrogens is 272 g/mol. The average Bonchev–Trinajstić information content (AvgIpc) is 3.03. The first kappa shape index (κ1) is 11.8. The molecular formula is C12H7F2N3OS. The molecule has 3 aromatic rings. The van der Waals surface area contributed by atoms with E-state index in [1.54, 1.807) is 0 Å². The highest BCUT2D eigenvalue weighted by Gasteiger charge is 2.17. The molecule has 1 aromatic carbocycles. The van der Waals surface area contributed by atoms with Crippen LogP contribution < -0.4 is 5.73 Å². The summed E-state index contributed by atoms with van der Waals surface area (Å²) < 4.78 is 31.7. The minimum Gasteiger partial charge on any atom is -0.396 e. The molecule has 0 aliphatic heterocycles. The van der Waals surface area contributed by atoms with E-state index in [1.807, 2.05) is 17.5 Å². The first-order chi connectivity index (χ1) is 9.15. The number of hydrogen-bond acceptors (Lipinski definition) is 5. The van der Waals surface area contributed by atoms with E-state index in [1.165, 1.54) is 11.3 Å². The summed E-state index contributed by atoms with van der Waals surface area (Å²) in [4.78, 5) is 4.87. The van der Waals surface area contributed by atoms with Crippen LogP contribution in [0.3, 0.4) is 0 Å². The quantitative estimate of drug-likeness (QED) is 0.731. The number of thiophene rings is 1. The van der Waals surface area contributed by atoms with Gasteiger partial charge in [-0.2, -0.15) is 4.98 Å². The van der Waals surface area contributed by atoms with Crippen LogP contribution in [0.1, 0.15) is 0 Å². The molecule has 4 nitrogen and oxygen atoms in total. The first-order valence-electron chi connectivity index (χ1n) is 5.27. The normalized spacial score (nSPS) is 10.8. The molecule has 96 valence electrons. The highest BCUT2D eigenvalue weighted by atomic mass is 32.1. The summed E-state index contributed by atoms with van der Waals surface area (Å²) in [5.41, 5.74) is 5.21. The molecule has 2 N–H and O–H groups in total. The molecule has 0 aliphatic rings. The van der Waals surface area contributed by atoms with Crippen molar-refractivity contribution in [1.82, 2.24) is 10.1 Å². The van der Waals surface area contributed by atoms with Gasteiger partial charge in [-0.3, -0.25) is 0 Å². The summed E-state index contributed by atoms with van der Waals surface area (Å²) in [5.74, 6) is -1.30. The smallest absolute Gasteiger partial charge is 0.261 e. The van der Waals surface area contributed by atoms with E-state index < -0.39 is 11.6 Å². The van der Waals surface area contributed by atoms with Crippen molar-refractivity contribution in [3.05, 3.63) is 41.3 Å². The number of nitrogens with two attached hydrogens (primary N) is 1. The Morgan fingerprint density at radius 1 is 1.21 bits per heavy atom. The lowest BCUT2D eigenvalue weighted by molar-refractivity contribution is 0.429. The van der Waals surface area contributed by atoms with Gasteiger partial charge < -0.3 is 10.3 Å². The molecule has 0 amide bonds. The van der Waals surface area contributed by atoms with Crippen LogP contribution in [-0.4, -0.2) is 10.1 Å². The van der Waals surface area contributed by atoms with Crippen molar-refractivity contribution >= 4 is 17.0 Å². The highest BCUT2D eigenvalue weighted by molar-refractivity contribution is 7.13. The standard InChI is InChI=1S/C12H7F2N3OS/c13-7-5-8(14)9(15)4-6(7)12-16-11(17-18-12)10-2-1-3-19-10/h1-5H,15H2. The summed E-state index contributed by atoms with van der Waals surface area (Å²) in [6.45, 7) is 0. The van der Waals surface area contributed by atoms with Crippen LogP contribution in [0.25, 0.3) is 22.2 Å². The topological polar surface area (TPSA) is 64.9 Å². The maximum Gasteiger partial charge on any atom is 0.261 e. The van der Waals surface area contributed by atoms with Gasteiger partial charge in [0.05, 0.1) is 16.1 Å². The Bertz CT molecular complexity index is 725. The van der Waals surface area contributed by atoms with Crippen LogP contribution in [0, 0.1) is 11.6 Å². The maximum atomic E-state index is 13.6. The Balaban J connectivity index is 2.06. The largest absolute Gasteiger partial charge is 0.396 e. The molecule has 19 heavy (non-hydrogen) atoms. The Morgan fingerprint density at radius 3 is 2.79 bits per heavy atom. The number of halogens is 2. The molecule has 0 bridgehead atoms. The van der Waals surface area contributed by atoms with Crippen molar-refractivity contribution in [1.29, 1.82) is 0 Å². The molecule has 0 atom stereocenters. The SMILES string of the molecule is Nc1cc(-c2nc(-c3cccs3)no2)c(F)cc1F. The fourth-order valence-electron chi connectivity index (χ4n) is 1.57. The molecule has 0 fully saturated rings. The zero-order chi connectivity index (χ0) is 13.4. The lowest BCUT2D eigenvalue weighted by Crippen LogP contribution is -1.94. The fraction of sp³-hybridized carbons (Fsp3) is 0. The second kappa shape index (κ2) is 4.43. The Morgan fingerprint density at radius 2 is 2.05 bits per heavy atom. The van der Waals surface area contributed by atoms with Gasteiger partial charge in [-0.05, 0) is 17.5 Å². The van der Waals surface area contributed by atoms with Gasteiger partial charge in [-0.25, -0.2) is 8.78 Å². The number of nitrogens with zero attached hydrogens (tertiary/aromatic N) is 2. The summed E-state index contributed by atoms with van der Waals surface area (Å²) in [5, 5.41) is 5.61. The lowest BCUT2D eigenvalue weighted by Gasteiger charge is -2.00. The van der Waals surface area contributed by atoms with Crippen molar-refractivity contribution in [3.8, 4) is 22.2 Å². The van der Waals surface area contributed by atoms with E-state index in [9.17, 15) is 8.78 Å². The summed E-state index contributed by atoms with van der Waals surface area (Å²) in [7, 11) is 0. The van der Waals surface area contributed by atoms with Gasteiger partial charge in [0.25, 0.3) is 5.89 Å². The van der Waals surface area contributed by atoms with Crippen molar-refractivity contribution < 1.29 is 13.3 Å². The lowest BCUT2D eigenvalue weighted by atomic mass is 10.2. The third kappa shape index (κ3) is 2.08. The maximum absolute atomic E-state index is 13.6. The number of benzene rings is 1. The van der Waals surface area contributed by atoms with Gasteiger partial charge in [0, 0.05) is 6.07 Å². The summed E-state index contributed by atoms with van der Waals surface area (Å²) >= 11 is 1.43. The zero-order valence-corrected chi connectivity index (χ0v) is 10.2. The van der Waals surface area contributed by atoms with Crippen LogP contribution in [-0.2, 0) is 0 Å². The highest BCUT2D eigenvalue weighted by Crippen LogP contribution is 2.28. The van der Waals surface area contributed by atoms with Crippen LogP contribution in [0.5, 0.6) is 0 Å². The van der Waals surface area contributed by atoms with Crippen molar-refractivity contribution in [2.45, 2.75) is 0 Å². The number of hydrogen-bond donors (Lipinski definition) is 1. The van der Waals surface area contributed by atoms with Crippen molar-refractivity contribution in [2.24, 2.45) is 0 Å². The fourth-order valence-corrected chi connectivity index (χ4v) is 2.22. The van der Waals surface area contributed by atoms with Gasteiger partial charge in [-0.15, -0.1) is 11.3 Å². The molecule has 0 saturated carbocycles. The number of aromatic nitrogens is 2. The predicted molar refractivity (Wildman–Crippen MR) is 67.4 cm³/mol. The van der Waals surface area contributed by atoms with Gasteiger partial charge in [0.1, 0.15) is 11.6 Å². The second-order valence-corrected chi connectivity index (χ2v) is 4.70. The average molecular weight is 279 g/mol. The molecule has 2 aromatic heterocycles. The van der Waals surface area contributed by atoms with Crippen molar-refractivity contribution in [2.75, 3.05) is 5.73 Å². The summed E-state index contributed by atoms with van der Waals surface area (Å²) in [6, 6.07) is 5.48. The van der Waals surface area contributed by atoms with E-state index in [0.717, 1.165) is 10.9 Å². The van der Waals surface area contributed by atoms with Gasteiger partial charge in [-0.1, -0.05) is 11.2 Å². The summed E-state index contributed by atoms with van der Waals surface area (Å²) in [6.07, 6.45) is 0. The van der Waals surface area contributed by atoms with Crippen LogP contribution in [0.4, 0.5) is 14.5 Å². The number of anilines is 1. The molecule has 2 heterocycles. The van der Waals surface area contributed by atoms with E-state index in [-0.39, 0.29) is 17.1 Å². The third-order valence-electron chi connectivity index (χ3n) is 2.48. The zero-order valence-electron chi connectivity index (χ0n) is 9.43. The van der Waals surface area contributed by atoms with E-state index in [0.29, 0.717) is 11.9 Å². The van der Waals surface area contributed by atoms with E-state index in [2.05, 4.69) is 10.1 Å².